The van der Waals surface area contributed by atoms with Crippen molar-refractivity contribution in [3.05, 3.63) is 35.4 Å². The molecule has 18 heavy (non-hydrogen) atoms. The summed E-state index contributed by atoms with van der Waals surface area (Å²) in [6.45, 7) is 1.22. The van der Waals surface area contributed by atoms with Gasteiger partial charge >= 0.3 is 6.18 Å². The van der Waals surface area contributed by atoms with Crippen molar-refractivity contribution in [3.63, 3.8) is 0 Å². The van der Waals surface area contributed by atoms with Gasteiger partial charge < -0.3 is 11.1 Å². The van der Waals surface area contributed by atoms with E-state index in [4.69, 9.17) is 5.73 Å². The summed E-state index contributed by atoms with van der Waals surface area (Å²) in [5.74, 6) is -0.565. The number of alkyl halides is 3. The smallest absolute Gasteiger partial charge is 0.350 e. The van der Waals surface area contributed by atoms with Gasteiger partial charge in [-0.2, -0.15) is 13.2 Å². The molecule has 1 aromatic rings. The Morgan fingerprint density at radius 3 is 2.28 bits per heavy atom. The van der Waals surface area contributed by atoms with Crippen LogP contribution in [0.2, 0.25) is 0 Å². The number of hydrogen-bond acceptors (Lipinski definition) is 2. The van der Waals surface area contributed by atoms with E-state index in [1.54, 1.807) is 24.3 Å². The molecule has 1 atom stereocenters. The van der Waals surface area contributed by atoms with Crippen molar-refractivity contribution in [3.8, 4) is 0 Å². The Balaban J connectivity index is 0.00000289. The van der Waals surface area contributed by atoms with Gasteiger partial charge in [-0.15, -0.1) is 12.4 Å². The zero-order valence-electron chi connectivity index (χ0n) is 9.62. The second-order valence-corrected chi connectivity index (χ2v) is 3.72. The SMILES string of the molecule is Cc1ccc(C(=O)NCC(N)C(F)(F)F)cc1.Cl. The number of hydrogen-bond donors (Lipinski definition) is 2. The summed E-state index contributed by atoms with van der Waals surface area (Å²) >= 11 is 0. The largest absolute Gasteiger partial charge is 0.405 e. The normalized spacial score (nSPS) is 12.5. The molecule has 0 spiro atoms. The van der Waals surface area contributed by atoms with Gasteiger partial charge in [0.1, 0.15) is 6.04 Å². The minimum Gasteiger partial charge on any atom is -0.350 e. The molecule has 0 aliphatic rings. The Bertz CT molecular complexity index is 392. The van der Waals surface area contributed by atoms with Gasteiger partial charge in [0.15, 0.2) is 0 Å². The lowest BCUT2D eigenvalue weighted by Crippen LogP contribution is -2.46. The molecule has 3 nitrogen and oxygen atoms in total. The van der Waals surface area contributed by atoms with Gasteiger partial charge in [-0.3, -0.25) is 4.79 Å². The molecule has 7 heteroatoms. The molecule has 1 amide bonds. The number of carbonyl (C=O) groups excluding carboxylic acids is 1. The summed E-state index contributed by atoms with van der Waals surface area (Å²) in [5, 5.41) is 2.14. The van der Waals surface area contributed by atoms with Crippen molar-refractivity contribution in [2.75, 3.05) is 6.54 Å². The lowest BCUT2D eigenvalue weighted by atomic mass is 10.1. The molecule has 0 aliphatic heterocycles. The fraction of sp³-hybridized carbons (Fsp3) is 0.364. The maximum absolute atomic E-state index is 12.1. The van der Waals surface area contributed by atoms with E-state index in [9.17, 15) is 18.0 Å². The Morgan fingerprint density at radius 2 is 1.83 bits per heavy atom. The molecule has 0 saturated heterocycles. The number of nitrogens with two attached hydrogens (primary N) is 1. The molecule has 0 aliphatic carbocycles. The van der Waals surface area contributed by atoms with Crippen LogP contribution in [0.15, 0.2) is 24.3 Å². The number of aryl methyl sites for hydroxylation is 1. The average molecular weight is 283 g/mol. The van der Waals surface area contributed by atoms with E-state index in [0.29, 0.717) is 5.56 Å². The molecule has 0 bridgehead atoms. The fourth-order valence-electron chi connectivity index (χ4n) is 1.13. The van der Waals surface area contributed by atoms with Gasteiger partial charge in [0.2, 0.25) is 0 Å². The van der Waals surface area contributed by atoms with Crippen molar-refractivity contribution in [2.24, 2.45) is 5.73 Å². The monoisotopic (exact) mass is 282 g/mol. The molecule has 1 aromatic carbocycles. The molecule has 3 N–H and O–H groups in total. The summed E-state index contributed by atoms with van der Waals surface area (Å²) in [6, 6.07) is 4.46. The van der Waals surface area contributed by atoms with Crippen LogP contribution in [0.3, 0.4) is 0 Å². The van der Waals surface area contributed by atoms with E-state index < -0.39 is 24.7 Å². The van der Waals surface area contributed by atoms with Crippen molar-refractivity contribution >= 4 is 18.3 Å². The molecular weight excluding hydrogens is 269 g/mol. The maximum Gasteiger partial charge on any atom is 0.405 e. The first-order valence-electron chi connectivity index (χ1n) is 4.98. The standard InChI is InChI=1S/C11H13F3N2O.ClH/c1-7-2-4-8(5-3-7)10(17)16-6-9(15)11(12,13)14;/h2-5,9H,6,15H2,1H3,(H,16,17);1H. The summed E-state index contributed by atoms with van der Waals surface area (Å²) in [4.78, 5) is 11.5. The Labute approximate surface area is 109 Å². The zero-order valence-corrected chi connectivity index (χ0v) is 10.4. The average Bonchev–Trinajstić information content (AvgIpc) is 2.25. The first kappa shape index (κ1) is 16.7. The highest BCUT2D eigenvalue weighted by atomic mass is 35.5. The number of benzene rings is 1. The van der Waals surface area contributed by atoms with Crippen LogP contribution in [-0.4, -0.2) is 24.7 Å². The minimum absolute atomic E-state index is 0. The summed E-state index contributed by atoms with van der Waals surface area (Å²) in [5.41, 5.74) is 6.14. The van der Waals surface area contributed by atoms with Crippen LogP contribution >= 0.6 is 12.4 Å². The van der Waals surface area contributed by atoms with E-state index in [1.807, 2.05) is 6.92 Å². The lowest BCUT2D eigenvalue weighted by Gasteiger charge is -2.15. The topological polar surface area (TPSA) is 55.1 Å². The molecule has 1 unspecified atom stereocenters. The highest BCUT2D eigenvalue weighted by Gasteiger charge is 2.36. The van der Waals surface area contributed by atoms with Gasteiger partial charge in [0, 0.05) is 12.1 Å². The number of rotatable bonds is 3. The van der Waals surface area contributed by atoms with Crippen LogP contribution in [0.1, 0.15) is 15.9 Å². The van der Waals surface area contributed by atoms with Gasteiger partial charge in [-0.1, -0.05) is 17.7 Å². The van der Waals surface area contributed by atoms with E-state index in [-0.39, 0.29) is 12.4 Å². The van der Waals surface area contributed by atoms with Crippen LogP contribution in [0.5, 0.6) is 0 Å². The van der Waals surface area contributed by atoms with Crippen LogP contribution in [0.4, 0.5) is 13.2 Å². The quantitative estimate of drug-likeness (QED) is 0.891. The molecule has 1 rings (SSSR count). The zero-order chi connectivity index (χ0) is 13.1. The van der Waals surface area contributed by atoms with E-state index >= 15 is 0 Å². The Hall–Kier alpha value is -1.27. The lowest BCUT2D eigenvalue weighted by molar-refractivity contribution is -0.146. The summed E-state index contributed by atoms with van der Waals surface area (Å²) in [6.07, 6.45) is -4.50. The van der Waals surface area contributed by atoms with Crippen LogP contribution in [0, 0.1) is 6.92 Å². The summed E-state index contributed by atoms with van der Waals surface area (Å²) < 4.78 is 36.2. The molecular formula is C11H14ClF3N2O. The van der Waals surface area contributed by atoms with Crippen molar-refractivity contribution < 1.29 is 18.0 Å². The number of amides is 1. The van der Waals surface area contributed by atoms with Gasteiger partial charge in [-0.05, 0) is 19.1 Å². The first-order chi connectivity index (χ1) is 7.80. The van der Waals surface area contributed by atoms with Gasteiger partial charge in [0.05, 0.1) is 0 Å². The highest BCUT2D eigenvalue weighted by Crippen LogP contribution is 2.17. The predicted molar refractivity (Wildman–Crippen MR) is 64.8 cm³/mol. The van der Waals surface area contributed by atoms with Crippen molar-refractivity contribution in [1.82, 2.24) is 5.32 Å². The molecule has 0 fully saturated rings. The van der Waals surface area contributed by atoms with E-state index in [0.717, 1.165) is 5.56 Å². The Kier molecular flexibility index (Phi) is 6.14. The molecule has 0 heterocycles. The Morgan fingerprint density at radius 1 is 1.33 bits per heavy atom. The number of carbonyl (C=O) groups is 1. The maximum atomic E-state index is 12.1. The minimum atomic E-state index is -4.50. The van der Waals surface area contributed by atoms with E-state index in [2.05, 4.69) is 5.32 Å². The molecule has 0 saturated carbocycles. The van der Waals surface area contributed by atoms with Crippen molar-refractivity contribution in [1.29, 1.82) is 0 Å². The summed E-state index contributed by atoms with van der Waals surface area (Å²) in [7, 11) is 0. The molecule has 0 aromatic heterocycles. The fourth-order valence-corrected chi connectivity index (χ4v) is 1.13. The predicted octanol–water partition coefficient (Wildman–Crippen LogP) is 2.04. The second-order valence-electron chi connectivity index (χ2n) is 3.72. The first-order valence-corrected chi connectivity index (χ1v) is 4.98. The third-order valence-corrected chi connectivity index (χ3v) is 2.22. The second kappa shape index (κ2) is 6.61. The van der Waals surface area contributed by atoms with Gasteiger partial charge in [-0.25, -0.2) is 0 Å². The highest BCUT2D eigenvalue weighted by molar-refractivity contribution is 5.94. The molecule has 0 radical (unpaired) electrons. The third-order valence-electron chi connectivity index (χ3n) is 2.22. The van der Waals surface area contributed by atoms with Crippen LogP contribution < -0.4 is 11.1 Å². The molecule has 102 valence electrons. The third kappa shape index (κ3) is 4.93. The van der Waals surface area contributed by atoms with Crippen LogP contribution in [0.25, 0.3) is 0 Å². The number of nitrogens with one attached hydrogen (secondary N) is 1. The van der Waals surface area contributed by atoms with Crippen LogP contribution in [-0.2, 0) is 0 Å². The number of halogens is 4. The van der Waals surface area contributed by atoms with E-state index in [1.165, 1.54) is 0 Å². The van der Waals surface area contributed by atoms with Crippen molar-refractivity contribution in [2.45, 2.75) is 19.1 Å². The van der Waals surface area contributed by atoms with Gasteiger partial charge in [0.25, 0.3) is 5.91 Å².